The Hall–Kier alpha value is -1.09. The van der Waals surface area contributed by atoms with Crippen LogP contribution in [-0.2, 0) is 0 Å². The van der Waals surface area contributed by atoms with Crippen LogP contribution in [0.4, 0.5) is 0 Å². The summed E-state index contributed by atoms with van der Waals surface area (Å²) in [7, 11) is 0. The fraction of sp³-hybridized carbons (Fsp3) is 0.462. The minimum absolute atomic E-state index is 0.436. The first-order valence-electron chi connectivity index (χ1n) is 5.60. The van der Waals surface area contributed by atoms with E-state index in [4.69, 9.17) is 22.7 Å². The Morgan fingerprint density at radius 3 is 2.31 bits per heavy atom. The second-order valence-electron chi connectivity index (χ2n) is 4.01. The van der Waals surface area contributed by atoms with Crippen molar-refractivity contribution in [2.24, 2.45) is 5.73 Å². The van der Waals surface area contributed by atoms with E-state index in [1.807, 2.05) is 26.0 Å². The van der Waals surface area contributed by atoms with Crippen molar-refractivity contribution < 1.29 is 4.74 Å². The molecular weight excluding hydrogens is 218 g/mol. The molecule has 0 aliphatic rings. The molecule has 0 radical (unpaired) electrons. The van der Waals surface area contributed by atoms with E-state index < -0.39 is 0 Å². The summed E-state index contributed by atoms with van der Waals surface area (Å²) in [6.45, 7) is 6.97. The highest BCUT2D eigenvalue weighted by Crippen LogP contribution is 2.25. The maximum absolute atomic E-state index is 5.76. The summed E-state index contributed by atoms with van der Waals surface area (Å²) in [5.41, 5.74) is 8.72. The molecule has 1 aromatic rings. The first kappa shape index (κ1) is 13.0. The Morgan fingerprint density at radius 2 is 1.88 bits per heavy atom. The minimum atomic E-state index is 0.436. The van der Waals surface area contributed by atoms with Crippen LogP contribution in [0.25, 0.3) is 0 Å². The molecule has 0 aromatic heterocycles. The number of nitrogens with two attached hydrogens (primary N) is 1. The number of benzene rings is 1. The zero-order chi connectivity index (χ0) is 12.1. The van der Waals surface area contributed by atoms with Crippen molar-refractivity contribution in [3.63, 3.8) is 0 Å². The molecule has 1 rings (SSSR count). The van der Waals surface area contributed by atoms with Gasteiger partial charge < -0.3 is 10.5 Å². The van der Waals surface area contributed by atoms with Gasteiger partial charge >= 0.3 is 0 Å². The molecular formula is C13H19NOS. The third kappa shape index (κ3) is 3.20. The molecule has 0 unspecified atom stereocenters. The molecule has 2 N–H and O–H groups in total. The average Bonchev–Trinajstić information content (AvgIpc) is 2.21. The van der Waals surface area contributed by atoms with Crippen molar-refractivity contribution in [2.45, 2.75) is 33.6 Å². The Bertz CT molecular complexity index is 365. The summed E-state index contributed by atoms with van der Waals surface area (Å²) in [6, 6.07) is 3.97. The predicted octanol–water partition coefficient (Wildman–Crippen LogP) is 3.12. The summed E-state index contributed by atoms with van der Waals surface area (Å²) in [4.78, 5) is 0.436. The standard InChI is InChI=1S/C13H19NOS/c1-4-5-6-15-12-9(2)7-11(13(14)16)8-10(12)3/h7-8H,4-6H2,1-3H3,(H2,14,16). The smallest absolute Gasteiger partial charge is 0.125 e. The normalized spacial score (nSPS) is 10.2. The zero-order valence-corrected chi connectivity index (χ0v) is 11.0. The van der Waals surface area contributed by atoms with Crippen molar-refractivity contribution in [1.82, 2.24) is 0 Å². The van der Waals surface area contributed by atoms with E-state index in [0.29, 0.717) is 4.99 Å². The predicted molar refractivity (Wildman–Crippen MR) is 72.2 cm³/mol. The van der Waals surface area contributed by atoms with Gasteiger partial charge in [-0.25, -0.2) is 0 Å². The number of hydrogen-bond acceptors (Lipinski definition) is 2. The molecule has 0 heterocycles. The van der Waals surface area contributed by atoms with Gasteiger partial charge in [0.1, 0.15) is 10.7 Å². The van der Waals surface area contributed by atoms with Gasteiger partial charge in [0.2, 0.25) is 0 Å². The third-order valence-corrected chi connectivity index (χ3v) is 2.72. The molecule has 88 valence electrons. The Morgan fingerprint density at radius 1 is 1.31 bits per heavy atom. The highest BCUT2D eigenvalue weighted by molar-refractivity contribution is 7.80. The van der Waals surface area contributed by atoms with E-state index >= 15 is 0 Å². The van der Waals surface area contributed by atoms with Crippen molar-refractivity contribution in [3.8, 4) is 5.75 Å². The first-order chi connectivity index (χ1) is 7.56. The second-order valence-corrected chi connectivity index (χ2v) is 4.45. The number of ether oxygens (including phenoxy) is 1. The molecule has 2 nitrogen and oxygen atoms in total. The lowest BCUT2D eigenvalue weighted by Crippen LogP contribution is -2.10. The quantitative estimate of drug-likeness (QED) is 0.631. The number of unbranched alkanes of at least 4 members (excludes halogenated alkanes) is 1. The zero-order valence-electron chi connectivity index (χ0n) is 10.2. The molecule has 0 spiro atoms. The third-order valence-electron chi connectivity index (χ3n) is 2.49. The maximum atomic E-state index is 5.76. The topological polar surface area (TPSA) is 35.2 Å². The first-order valence-corrected chi connectivity index (χ1v) is 6.01. The van der Waals surface area contributed by atoms with Crippen LogP contribution in [0.3, 0.4) is 0 Å². The SMILES string of the molecule is CCCCOc1c(C)cc(C(N)=S)cc1C. The fourth-order valence-corrected chi connectivity index (χ4v) is 1.76. The van der Waals surface area contributed by atoms with Gasteiger partial charge in [0.15, 0.2) is 0 Å². The molecule has 0 aliphatic carbocycles. The molecule has 1 aromatic carbocycles. The molecule has 0 amide bonds. The minimum Gasteiger partial charge on any atom is -0.493 e. The van der Waals surface area contributed by atoms with Crippen LogP contribution in [0.15, 0.2) is 12.1 Å². The van der Waals surface area contributed by atoms with Gasteiger partial charge in [-0.2, -0.15) is 0 Å². The monoisotopic (exact) mass is 237 g/mol. The lowest BCUT2D eigenvalue weighted by Gasteiger charge is -2.13. The molecule has 16 heavy (non-hydrogen) atoms. The highest BCUT2D eigenvalue weighted by atomic mass is 32.1. The van der Waals surface area contributed by atoms with Crippen LogP contribution in [0.1, 0.15) is 36.5 Å². The van der Waals surface area contributed by atoms with Crippen LogP contribution < -0.4 is 10.5 Å². The summed E-state index contributed by atoms with van der Waals surface area (Å²) >= 11 is 4.97. The molecule has 0 saturated heterocycles. The maximum Gasteiger partial charge on any atom is 0.125 e. The summed E-state index contributed by atoms with van der Waals surface area (Å²) in [5.74, 6) is 0.966. The average molecular weight is 237 g/mol. The van der Waals surface area contributed by atoms with Gasteiger partial charge in [-0.15, -0.1) is 0 Å². The second kappa shape index (κ2) is 5.85. The Balaban J connectivity index is 2.89. The lowest BCUT2D eigenvalue weighted by molar-refractivity contribution is 0.305. The molecule has 0 atom stereocenters. The number of hydrogen-bond donors (Lipinski definition) is 1. The summed E-state index contributed by atoms with van der Waals surface area (Å²) in [5, 5.41) is 0. The van der Waals surface area contributed by atoms with Crippen molar-refractivity contribution in [3.05, 3.63) is 28.8 Å². The van der Waals surface area contributed by atoms with Crippen molar-refractivity contribution in [1.29, 1.82) is 0 Å². The number of thiocarbonyl (C=S) groups is 1. The largest absolute Gasteiger partial charge is 0.493 e. The molecule has 0 bridgehead atoms. The van der Waals surface area contributed by atoms with E-state index in [2.05, 4.69) is 6.92 Å². The Kier molecular flexibility index (Phi) is 4.74. The van der Waals surface area contributed by atoms with Gasteiger partial charge in [0, 0.05) is 5.56 Å². The highest BCUT2D eigenvalue weighted by Gasteiger charge is 2.07. The van der Waals surface area contributed by atoms with Gasteiger partial charge in [-0.3, -0.25) is 0 Å². The van der Waals surface area contributed by atoms with E-state index in [9.17, 15) is 0 Å². The number of aryl methyl sites for hydroxylation is 2. The van der Waals surface area contributed by atoms with Crippen molar-refractivity contribution in [2.75, 3.05) is 6.61 Å². The van der Waals surface area contributed by atoms with E-state index in [1.165, 1.54) is 0 Å². The van der Waals surface area contributed by atoms with E-state index in [-0.39, 0.29) is 0 Å². The molecule has 0 saturated carbocycles. The summed E-state index contributed by atoms with van der Waals surface area (Å²) in [6.07, 6.45) is 2.22. The van der Waals surface area contributed by atoms with E-state index in [0.717, 1.165) is 41.9 Å². The van der Waals surface area contributed by atoms with Gasteiger partial charge in [-0.1, -0.05) is 25.6 Å². The van der Waals surface area contributed by atoms with Crippen molar-refractivity contribution >= 4 is 17.2 Å². The van der Waals surface area contributed by atoms with Gasteiger partial charge in [0.25, 0.3) is 0 Å². The van der Waals surface area contributed by atoms with Crippen LogP contribution in [0.5, 0.6) is 5.75 Å². The van der Waals surface area contributed by atoms with Gasteiger partial charge in [0.05, 0.1) is 6.61 Å². The van der Waals surface area contributed by atoms with Crippen LogP contribution >= 0.6 is 12.2 Å². The van der Waals surface area contributed by atoms with Crippen LogP contribution in [0, 0.1) is 13.8 Å². The molecule has 0 aliphatic heterocycles. The summed E-state index contributed by atoms with van der Waals surface area (Å²) < 4.78 is 5.76. The van der Waals surface area contributed by atoms with Gasteiger partial charge in [-0.05, 0) is 43.5 Å². The molecule has 3 heteroatoms. The lowest BCUT2D eigenvalue weighted by atomic mass is 10.1. The van der Waals surface area contributed by atoms with E-state index in [1.54, 1.807) is 0 Å². The van der Waals surface area contributed by atoms with Crippen LogP contribution in [0.2, 0.25) is 0 Å². The van der Waals surface area contributed by atoms with Crippen LogP contribution in [-0.4, -0.2) is 11.6 Å². The Labute approximate surface area is 103 Å². The number of rotatable bonds is 5. The molecule has 0 fully saturated rings. The fourth-order valence-electron chi connectivity index (χ4n) is 1.64.